The summed E-state index contributed by atoms with van der Waals surface area (Å²) in [6, 6.07) is 7.66. The van der Waals surface area contributed by atoms with Crippen LogP contribution < -0.4 is 5.73 Å². The van der Waals surface area contributed by atoms with Gasteiger partial charge in [0, 0.05) is 12.5 Å². The van der Waals surface area contributed by atoms with Crippen LogP contribution in [0.5, 0.6) is 0 Å². The zero-order valence-corrected chi connectivity index (χ0v) is 8.68. The van der Waals surface area contributed by atoms with Gasteiger partial charge in [-0.2, -0.15) is 5.26 Å². The van der Waals surface area contributed by atoms with Crippen LogP contribution in [0, 0.1) is 11.3 Å². The van der Waals surface area contributed by atoms with Crippen molar-refractivity contribution in [3.05, 3.63) is 35.4 Å². The molecule has 15 heavy (non-hydrogen) atoms. The molecule has 0 aliphatic rings. The van der Waals surface area contributed by atoms with Crippen LogP contribution in [-0.4, -0.2) is 6.43 Å². The second-order valence-corrected chi connectivity index (χ2v) is 2.97. The highest BCUT2D eigenvalue weighted by Crippen LogP contribution is 2.18. The normalized spacial score (nSPS) is 11.7. The molecular weight excluding hydrogens is 222 g/mol. The molecule has 0 saturated carbocycles. The standard InChI is InChI=1S/C10H10F2N2.ClH/c11-10(12)5-9(14)8-3-1-2-7(4-8)6-13;/h1-4,9-10H,5,14H2;1H/t9-;/m0./s1. The first kappa shape index (κ1) is 13.8. The summed E-state index contributed by atoms with van der Waals surface area (Å²) >= 11 is 0. The van der Waals surface area contributed by atoms with Crippen LogP contribution >= 0.6 is 12.4 Å². The Balaban J connectivity index is 0.00000196. The fraction of sp³-hybridized carbons (Fsp3) is 0.300. The largest absolute Gasteiger partial charge is 0.324 e. The summed E-state index contributed by atoms with van der Waals surface area (Å²) in [5.41, 5.74) is 6.54. The molecule has 0 aliphatic carbocycles. The SMILES string of the molecule is Cl.N#Cc1cccc([C@@H](N)CC(F)F)c1. The van der Waals surface area contributed by atoms with Gasteiger partial charge in [0.15, 0.2) is 0 Å². The molecule has 0 aromatic heterocycles. The van der Waals surface area contributed by atoms with E-state index in [0.29, 0.717) is 11.1 Å². The number of benzene rings is 1. The lowest BCUT2D eigenvalue weighted by Crippen LogP contribution is -2.13. The van der Waals surface area contributed by atoms with Crippen molar-refractivity contribution in [2.75, 3.05) is 0 Å². The van der Waals surface area contributed by atoms with Crippen LogP contribution in [0.15, 0.2) is 24.3 Å². The first-order valence-electron chi connectivity index (χ1n) is 4.17. The maximum atomic E-state index is 12.0. The fourth-order valence-electron chi connectivity index (χ4n) is 1.17. The zero-order chi connectivity index (χ0) is 10.6. The van der Waals surface area contributed by atoms with Gasteiger partial charge < -0.3 is 5.73 Å². The topological polar surface area (TPSA) is 49.8 Å². The average Bonchev–Trinajstić information content (AvgIpc) is 2.17. The molecule has 0 fully saturated rings. The number of rotatable bonds is 3. The fourth-order valence-corrected chi connectivity index (χ4v) is 1.17. The molecule has 0 aliphatic heterocycles. The maximum absolute atomic E-state index is 12.0. The monoisotopic (exact) mass is 232 g/mol. The molecule has 2 N–H and O–H groups in total. The predicted molar refractivity (Wildman–Crippen MR) is 56.0 cm³/mol. The molecule has 0 radical (unpaired) electrons. The van der Waals surface area contributed by atoms with Crippen LogP contribution in [0.25, 0.3) is 0 Å². The number of halogens is 3. The van der Waals surface area contributed by atoms with Gasteiger partial charge in [-0.05, 0) is 17.7 Å². The van der Waals surface area contributed by atoms with Crippen LogP contribution in [0.2, 0.25) is 0 Å². The molecule has 2 nitrogen and oxygen atoms in total. The van der Waals surface area contributed by atoms with Gasteiger partial charge in [0.1, 0.15) is 0 Å². The van der Waals surface area contributed by atoms with Gasteiger partial charge in [0.2, 0.25) is 6.43 Å². The van der Waals surface area contributed by atoms with Gasteiger partial charge in [-0.3, -0.25) is 0 Å². The van der Waals surface area contributed by atoms with Crippen LogP contribution in [0.1, 0.15) is 23.6 Å². The van der Waals surface area contributed by atoms with Crippen molar-refractivity contribution >= 4 is 12.4 Å². The van der Waals surface area contributed by atoms with E-state index in [1.807, 2.05) is 6.07 Å². The number of nitriles is 1. The summed E-state index contributed by atoms with van der Waals surface area (Å²) in [7, 11) is 0. The lowest BCUT2D eigenvalue weighted by Gasteiger charge is -2.10. The van der Waals surface area contributed by atoms with Crippen molar-refractivity contribution in [2.24, 2.45) is 5.73 Å². The van der Waals surface area contributed by atoms with Crippen molar-refractivity contribution in [2.45, 2.75) is 18.9 Å². The Morgan fingerprint density at radius 1 is 1.40 bits per heavy atom. The van der Waals surface area contributed by atoms with E-state index in [9.17, 15) is 8.78 Å². The number of hydrogen-bond acceptors (Lipinski definition) is 2. The lowest BCUT2D eigenvalue weighted by atomic mass is 10.0. The number of nitrogens with zero attached hydrogens (tertiary/aromatic N) is 1. The number of hydrogen-bond donors (Lipinski definition) is 1. The summed E-state index contributed by atoms with van der Waals surface area (Å²) in [4.78, 5) is 0. The molecule has 1 aromatic rings. The summed E-state index contributed by atoms with van der Waals surface area (Å²) in [5.74, 6) is 0. The quantitative estimate of drug-likeness (QED) is 0.871. The maximum Gasteiger partial charge on any atom is 0.240 e. The second kappa shape index (κ2) is 6.33. The Morgan fingerprint density at radius 2 is 2.07 bits per heavy atom. The number of nitrogens with two attached hydrogens (primary N) is 1. The van der Waals surface area contributed by atoms with E-state index >= 15 is 0 Å². The van der Waals surface area contributed by atoms with Gasteiger partial charge in [-0.15, -0.1) is 12.4 Å². The molecule has 1 atom stereocenters. The van der Waals surface area contributed by atoms with Crippen molar-refractivity contribution in [1.82, 2.24) is 0 Å². The van der Waals surface area contributed by atoms with Crippen molar-refractivity contribution in [3.63, 3.8) is 0 Å². The molecule has 0 amide bonds. The Labute approximate surface area is 93.1 Å². The molecule has 0 saturated heterocycles. The highest BCUT2D eigenvalue weighted by molar-refractivity contribution is 5.85. The minimum atomic E-state index is -2.42. The highest BCUT2D eigenvalue weighted by Gasteiger charge is 2.12. The van der Waals surface area contributed by atoms with Crippen molar-refractivity contribution in [1.29, 1.82) is 5.26 Å². The molecule has 1 rings (SSSR count). The third-order valence-electron chi connectivity index (χ3n) is 1.88. The Bertz CT molecular complexity index is 350. The van der Waals surface area contributed by atoms with E-state index in [1.54, 1.807) is 18.2 Å². The minimum Gasteiger partial charge on any atom is -0.324 e. The molecule has 5 heteroatoms. The molecule has 0 spiro atoms. The molecule has 0 bridgehead atoms. The van der Waals surface area contributed by atoms with E-state index in [0.717, 1.165) is 0 Å². The van der Waals surface area contributed by atoms with Gasteiger partial charge >= 0.3 is 0 Å². The van der Waals surface area contributed by atoms with Crippen molar-refractivity contribution < 1.29 is 8.78 Å². The molecule has 1 aromatic carbocycles. The second-order valence-electron chi connectivity index (χ2n) is 2.97. The molecular formula is C10H11ClF2N2. The zero-order valence-electron chi connectivity index (χ0n) is 7.86. The van der Waals surface area contributed by atoms with E-state index in [1.165, 1.54) is 6.07 Å². The average molecular weight is 233 g/mol. The number of alkyl halides is 2. The van der Waals surface area contributed by atoms with Gasteiger partial charge in [0.05, 0.1) is 11.6 Å². The van der Waals surface area contributed by atoms with E-state index in [-0.39, 0.29) is 18.8 Å². The van der Waals surface area contributed by atoms with Gasteiger partial charge in [-0.25, -0.2) is 8.78 Å². The summed E-state index contributed by atoms with van der Waals surface area (Å²) in [6.07, 6.45) is -2.80. The van der Waals surface area contributed by atoms with E-state index in [2.05, 4.69) is 0 Å². The van der Waals surface area contributed by atoms with Gasteiger partial charge in [0.25, 0.3) is 0 Å². The summed E-state index contributed by atoms with van der Waals surface area (Å²) in [6.45, 7) is 0. The highest BCUT2D eigenvalue weighted by atomic mass is 35.5. The van der Waals surface area contributed by atoms with Crippen LogP contribution in [0.3, 0.4) is 0 Å². The van der Waals surface area contributed by atoms with E-state index < -0.39 is 12.5 Å². The Morgan fingerprint density at radius 3 is 2.60 bits per heavy atom. The smallest absolute Gasteiger partial charge is 0.240 e. The first-order valence-corrected chi connectivity index (χ1v) is 4.17. The lowest BCUT2D eigenvalue weighted by molar-refractivity contribution is 0.128. The van der Waals surface area contributed by atoms with Crippen LogP contribution in [-0.2, 0) is 0 Å². The third kappa shape index (κ3) is 4.24. The Hall–Kier alpha value is -1.18. The minimum absolute atomic E-state index is 0. The summed E-state index contributed by atoms with van der Waals surface area (Å²) < 4.78 is 24.0. The summed E-state index contributed by atoms with van der Waals surface area (Å²) in [5, 5.41) is 8.59. The predicted octanol–water partition coefficient (Wildman–Crippen LogP) is 2.64. The Kier molecular flexibility index (Phi) is 5.83. The van der Waals surface area contributed by atoms with E-state index in [4.69, 9.17) is 11.0 Å². The molecule has 0 heterocycles. The van der Waals surface area contributed by atoms with Crippen LogP contribution in [0.4, 0.5) is 8.78 Å². The molecule has 82 valence electrons. The van der Waals surface area contributed by atoms with Crippen molar-refractivity contribution in [3.8, 4) is 6.07 Å². The molecule has 0 unspecified atom stereocenters. The first-order chi connectivity index (χ1) is 6.63. The van der Waals surface area contributed by atoms with Gasteiger partial charge in [-0.1, -0.05) is 12.1 Å². The third-order valence-corrected chi connectivity index (χ3v) is 1.88.